The van der Waals surface area contributed by atoms with Gasteiger partial charge in [0, 0.05) is 49.6 Å². The van der Waals surface area contributed by atoms with E-state index in [0.29, 0.717) is 0 Å². The Morgan fingerprint density at radius 2 is 0.768 bits per heavy atom. The number of fused-ring (bicyclic) bond motifs is 6. The second-order valence-corrected chi connectivity index (χ2v) is 14.4. The van der Waals surface area contributed by atoms with Crippen LogP contribution in [0.3, 0.4) is 0 Å². The molecule has 3 heteroatoms. The molecule has 0 unspecified atom stereocenters. The zero-order chi connectivity index (χ0) is 37.0. The van der Waals surface area contributed by atoms with Crippen molar-refractivity contribution in [2.24, 2.45) is 0 Å². The molecule has 0 bridgehead atoms. The maximum absolute atomic E-state index is 5.26. The molecule has 0 N–H and O–H groups in total. The zero-order valence-electron chi connectivity index (χ0n) is 30.5. The Hall–Kier alpha value is -7.49. The lowest BCUT2D eigenvalue weighted by Gasteiger charge is -2.14. The quantitative estimate of drug-likeness (QED) is 0.168. The largest absolute Gasteiger partial charge is 0.309 e. The Morgan fingerprint density at radius 3 is 1.39 bits per heavy atom. The van der Waals surface area contributed by atoms with Crippen LogP contribution in [0.2, 0.25) is 0 Å². The number of benzene rings is 8. The van der Waals surface area contributed by atoms with E-state index in [4.69, 9.17) is 4.98 Å². The predicted molar refractivity (Wildman–Crippen MR) is 235 cm³/mol. The van der Waals surface area contributed by atoms with Gasteiger partial charge in [0.1, 0.15) is 0 Å². The summed E-state index contributed by atoms with van der Waals surface area (Å²) < 4.78 is 4.78. The molecule has 11 aromatic rings. The number of hydrogen-bond donors (Lipinski definition) is 0. The van der Waals surface area contributed by atoms with E-state index in [0.717, 1.165) is 39.3 Å². The summed E-state index contributed by atoms with van der Waals surface area (Å²) in [6, 6.07) is 76.2. The highest BCUT2D eigenvalue weighted by Gasteiger charge is 2.18. The van der Waals surface area contributed by atoms with E-state index in [1.54, 1.807) is 0 Å². The van der Waals surface area contributed by atoms with Crippen LogP contribution in [-0.4, -0.2) is 14.1 Å². The van der Waals surface area contributed by atoms with Crippen molar-refractivity contribution in [3.63, 3.8) is 0 Å². The van der Waals surface area contributed by atoms with Gasteiger partial charge in [-0.3, -0.25) is 0 Å². The second kappa shape index (κ2) is 13.1. The van der Waals surface area contributed by atoms with Gasteiger partial charge in [-0.15, -0.1) is 0 Å². The lowest BCUT2D eigenvalue weighted by Crippen LogP contribution is -1.96. The summed E-state index contributed by atoms with van der Waals surface area (Å²) in [7, 11) is 0. The molecule has 262 valence electrons. The Kier molecular flexibility index (Phi) is 7.49. The van der Waals surface area contributed by atoms with E-state index >= 15 is 0 Å². The normalized spacial score (nSPS) is 11.6. The van der Waals surface area contributed by atoms with Gasteiger partial charge in [-0.2, -0.15) is 0 Å². The van der Waals surface area contributed by atoms with E-state index < -0.39 is 0 Å². The molecule has 0 fully saturated rings. The van der Waals surface area contributed by atoms with Gasteiger partial charge in [-0.25, -0.2) is 4.98 Å². The molecule has 0 radical (unpaired) electrons. The molecule has 0 aliphatic carbocycles. The van der Waals surface area contributed by atoms with Gasteiger partial charge in [-0.05, 0) is 83.4 Å². The molecular weight excluding hydrogens is 679 g/mol. The van der Waals surface area contributed by atoms with Crippen LogP contribution in [0.5, 0.6) is 0 Å². The van der Waals surface area contributed by atoms with E-state index in [9.17, 15) is 0 Å². The third-order valence-corrected chi connectivity index (χ3v) is 11.1. The van der Waals surface area contributed by atoms with Crippen molar-refractivity contribution >= 4 is 43.6 Å². The fourth-order valence-corrected chi connectivity index (χ4v) is 8.53. The van der Waals surface area contributed by atoms with Crippen molar-refractivity contribution < 1.29 is 0 Å². The van der Waals surface area contributed by atoms with Crippen LogP contribution < -0.4 is 0 Å². The highest BCUT2D eigenvalue weighted by atomic mass is 15.0. The van der Waals surface area contributed by atoms with Gasteiger partial charge in [0.15, 0.2) is 0 Å². The first kappa shape index (κ1) is 32.0. The van der Waals surface area contributed by atoms with E-state index in [1.165, 1.54) is 60.4 Å². The zero-order valence-corrected chi connectivity index (χ0v) is 30.5. The Bertz CT molecular complexity index is 3230. The first-order chi connectivity index (χ1) is 27.8. The highest BCUT2D eigenvalue weighted by Crippen LogP contribution is 2.40. The summed E-state index contributed by atoms with van der Waals surface area (Å²) in [6.45, 7) is 0. The molecule has 56 heavy (non-hydrogen) atoms. The molecule has 3 aromatic heterocycles. The van der Waals surface area contributed by atoms with Crippen LogP contribution in [0.1, 0.15) is 0 Å². The van der Waals surface area contributed by atoms with Crippen molar-refractivity contribution in [1.82, 2.24) is 14.1 Å². The highest BCUT2D eigenvalue weighted by molar-refractivity contribution is 6.12. The lowest BCUT2D eigenvalue weighted by atomic mass is 9.97. The van der Waals surface area contributed by atoms with Crippen LogP contribution >= 0.6 is 0 Å². The molecule has 0 atom stereocenters. The fraction of sp³-hybridized carbons (Fsp3) is 0. The van der Waals surface area contributed by atoms with Crippen molar-refractivity contribution in [2.75, 3.05) is 0 Å². The number of para-hydroxylation sites is 3. The smallest absolute Gasteiger partial charge is 0.0787 e. The van der Waals surface area contributed by atoms with E-state index in [2.05, 4.69) is 215 Å². The third kappa shape index (κ3) is 5.25. The molecule has 3 heterocycles. The predicted octanol–water partition coefficient (Wildman–Crippen LogP) is 13.9. The third-order valence-electron chi connectivity index (χ3n) is 11.1. The van der Waals surface area contributed by atoms with Gasteiger partial charge in [0.25, 0.3) is 0 Å². The average Bonchev–Trinajstić information content (AvgIpc) is 3.79. The van der Waals surface area contributed by atoms with Gasteiger partial charge in [0.05, 0.1) is 33.5 Å². The first-order valence-corrected chi connectivity index (χ1v) is 19.1. The summed E-state index contributed by atoms with van der Waals surface area (Å²) in [5, 5.41) is 4.97. The van der Waals surface area contributed by atoms with Gasteiger partial charge < -0.3 is 9.13 Å². The molecule has 0 saturated heterocycles. The molecular formula is C53H35N3. The van der Waals surface area contributed by atoms with Gasteiger partial charge in [0.2, 0.25) is 0 Å². The number of nitrogens with zero attached hydrogens (tertiary/aromatic N) is 3. The van der Waals surface area contributed by atoms with Crippen molar-refractivity contribution in [1.29, 1.82) is 0 Å². The molecule has 0 spiro atoms. The van der Waals surface area contributed by atoms with Crippen molar-refractivity contribution in [3.8, 4) is 56.1 Å². The molecule has 3 nitrogen and oxygen atoms in total. The van der Waals surface area contributed by atoms with E-state index in [1.807, 2.05) is 6.07 Å². The van der Waals surface area contributed by atoms with Crippen LogP contribution in [0.15, 0.2) is 212 Å². The topological polar surface area (TPSA) is 22.8 Å². The SMILES string of the molecule is c1ccc(-c2ccc(-c3cccc(-n4c5ccccc5c5cc(-c6ccc7c(c6)c6ccccc6n7-c6ccccc6)ccc54)c3)c(-c3ccccc3)n2)cc1. The number of rotatable bonds is 6. The molecule has 8 aromatic carbocycles. The summed E-state index contributed by atoms with van der Waals surface area (Å²) in [6.07, 6.45) is 0. The standard InChI is InChI=1S/C53H35N3/c1-4-15-36(16-5-1)48-30-29-43(53(54-48)37-17-6-2-7-18-37)40-19-14-22-42(33-40)56-50-26-13-11-24-45(50)47-35-39(28-32-52(47)56)38-27-31-51-46(34-38)44-23-10-12-25-49(44)55(51)41-20-8-3-9-21-41/h1-35H. The van der Waals surface area contributed by atoms with Crippen molar-refractivity contribution in [3.05, 3.63) is 212 Å². The van der Waals surface area contributed by atoms with Gasteiger partial charge in [-0.1, -0.05) is 146 Å². The molecule has 0 saturated carbocycles. The van der Waals surface area contributed by atoms with Crippen molar-refractivity contribution in [2.45, 2.75) is 0 Å². The van der Waals surface area contributed by atoms with Crippen LogP contribution in [0, 0.1) is 0 Å². The fourth-order valence-electron chi connectivity index (χ4n) is 8.53. The first-order valence-electron chi connectivity index (χ1n) is 19.1. The van der Waals surface area contributed by atoms with Gasteiger partial charge >= 0.3 is 0 Å². The molecule has 11 rings (SSSR count). The minimum absolute atomic E-state index is 0.962. The van der Waals surface area contributed by atoms with Crippen LogP contribution in [0.4, 0.5) is 0 Å². The molecule has 0 aliphatic heterocycles. The Balaban J connectivity index is 1.05. The minimum Gasteiger partial charge on any atom is -0.309 e. The maximum atomic E-state index is 5.26. The summed E-state index contributed by atoms with van der Waals surface area (Å²) in [4.78, 5) is 5.26. The summed E-state index contributed by atoms with van der Waals surface area (Å²) in [5.74, 6) is 0. The lowest BCUT2D eigenvalue weighted by molar-refractivity contribution is 1.18. The minimum atomic E-state index is 0.962. The van der Waals surface area contributed by atoms with Crippen LogP contribution in [0.25, 0.3) is 99.8 Å². The average molecular weight is 714 g/mol. The summed E-state index contributed by atoms with van der Waals surface area (Å²) >= 11 is 0. The number of aromatic nitrogens is 3. The monoisotopic (exact) mass is 713 g/mol. The van der Waals surface area contributed by atoms with E-state index in [-0.39, 0.29) is 0 Å². The number of hydrogen-bond acceptors (Lipinski definition) is 1. The molecule has 0 aliphatic rings. The number of pyridine rings is 1. The summed E-state index contributed by atoms with van der Waals surface area (Å²) in [5.41, 5.74) is 15.8. The maximum Gasteiger partial charge on any atom is 0.0787 e. The molecule has 0 amide bonds. The second-order valence-electron chi connectivity index (χ2n) is 14.4. The van der Waals surface area contributed by atoms with Crippen LogP contribution in [-0.2, 0) is 0 Å². The Labute approximate surface area is 325 Å². The Morgan fingerprint density at radius 1 is 0.286 bits per heavy atom.